The number of nitrogens with zero attached hydrogens (tertiary/aromatic N) is 1. The Balaban J connectivity index is 1.82. The Bertz CT molecular complexity index is 585. The number of hydrogen-bond acceptors (Lipinski definition) is 5. The minimum absolute atomic E-state index is 0.00957. The molecule has 1 heterocycles. The highest BCUT2D eigenvalue weighted by Gasteiger charge is 2.37. The van der Waals surface area contributed by atoms with Crippen LogP contribution in [0.5, 0.6) is 0 Å². The number of thioether (sulfide) groups is 1. The maximum absolute atomic E-state index is 11.7. The highest BCUT2D eigenvalue weighted by Crippen LogP contribution is 2.32. The highest BCUT2D eigenvalue weighted by atomic mass is 32.2. The molecule has 2 rings (SSSR count). The number of β-lactam (4-membered cyclic amide) rings is 1. The van der Waals surface area contributed by atoms with E-state index in [9.17, 15) is 9.59 Å². The van der Waals surface area contributed by atoms with Gasteiger partial charge in [0.15, 0.2) is 0 Å². The van der Waals surface area contributed by atoms with Crippen molar-refractivity contribution in [3.63, 3.8) is 0 Å². The van der Waals surface area contributed by atoms with Gasteiger partial charge < -0.3 is 4.74 Å². The molecule has 1 saturated heterocycles. The minimum atomic E-state index is -0.363. The van der Waals surface area contributed by atoms with Crippen LogP contribution in [0.1, 0.15) is 22.3 Å². The summed E-state index contributed by atoms with van der Waals surface area (Å²) in [5.41, 5.74) is 1.58. The number of ether oxygens (including phenoxy) is 1. The topological polar surface area (TPSA) is 55.8 Å². The molecule has 122 valence electrons. The van der Waals surface area contributed by atoms with Crippen molar-refractivity contribution in [2.24, 2.45) is 0 Å². The molecule has 1 aliphatic heterocycles. The molecule has 0 radical (unpaired) electrons. The van der Waals surface area contributed by atoms with Gasteiger partial charge in [-0.05, 0) is 17.7 Å². The van der Waals surface area contributed by atoms with Crippen LogP contribution in [0.4, 0.5) is 0 Å². The standard InChI is InChI=1S/C17H19NO4S/c1-3-9-21-17(20)14-7-5-13(6-8-14)12-23-16-11-15(19)18(16)22-10-4-2/h3-8,16H,1-2,9-12H2. The number of rotatable bonds is 9. The number of benzene rings is 1. The summed E-state index contributed by atoms with van der Waals surface area (Å²) in [6, 6.07) is 7.23. The lowest BCUT2D eigenvalue weighted by Gasteiger charge is -2.37. The molecule has 0 bridgehead atoms. The fourth-order valence-electron chi connectivity index (χ4n) is 1.93. The van der Waals surface area contributed by atoms with Crippen molar-refractivity contribution < 1.29 is 19.2 Å². The molecule has 23 heavy (non-hydrogen) atoms. The monoisotopic (exact) mass is 333 g/mol. The summed E-state index contributed by atoms with van der Waals surface area (Å²) in [6.07, 6.45) is 3.62. The summed E-state index contributed by atoms with van der Waals surface area (Å²) in [7, 11) is 0. The zero-order valence-corrected chi connectivity index (χ0v) is 13.6. The Morgan fingerprint density at radius 3 is 2.57 bits per heavy atom. The third kappa shape index (κ3) is 4.71. The van der Waals surface area contributed by atoms with Crippen LogP contribution in [0.15, 0.2) is 49.6 Å². The third-order valence-electron chi connectivity index (χ3n) is 3.15. The van der Waals surface area contributed by atoms with Crippen molar-refractivity contribution in [1.29, 1.82) is 0 Å². The predicted molar refractivity (Wildman–Crippen MR) is 89.6 cm³/mol. The fourth-order valence-corrected chi connectivity index (χ4v) is 3.08. The van der Waals surface area contributed by atoms with Gasteiger partial charge in [0.2, 0.25) is 5.91 Å². The van der Waals surface area contributed by atoms with Crippen LogP contribution < -0.4 is 0 Å². The van der Waals surface area contributed by atoms with Gasteiger partial charge in [0, 0.05) is 5.75 Å². The summed E-state index contributed by atoms with van der Waals surface area (Å²) in [4.78, 5) is 28.4. The highest BCUT2D eigenvalue weighted by molar-refractivity contribution is 7.99. The van der Waals surface area contributed by atoms with Crippen molar-refractivity contribution in [2.75, 3.05) is 13.2 Å². The predicted octanol–water partition coefficient (Wildman–Crippen LogP) is 2.94. The molecule has 1 aromatic rings. The lowest BCUT2D eigenvalue weighted by Crippen LogP contribution is -2.50. The van der Waals surface area contributed by atoms with Crippen molar-refractivity contribution >= 4 is 23.6 Å². The second kappa shape index (κ2) is 8.55. The molecule has 1 aromatic carbocycles. The van der Waals surface area contributed by atoms with Crippen molar-refractivity contribution in [2.45, 2.75) is 17.5 Å². The molecule has 6 heteroatoms. The molecule has 0 saturated carbocycles. The first-order chi connectivity index (χ1) is 11.2. The molecule has 1 fully saturated rings. The first-order valence-electron chi connectivity index (χ1n) is 7.20. The molecule has 1 atom stereocenters. The zero-order chi connectivity index (χ0) is 16.7. The Kier molecular flexibility index (Phi) is 6.43. The second-order valence-electron chi connectivity index (χ2n) is 4.86. The second-order valence-corrected chi connectivity index (χ2v) is 6.02. The van der Waals surface area contributed by atoms with Gasteiger partial charge >= 0.3 is 5.97 Å². The van der Waals surface area contributed by atoms with Gasteiger partial charge in [-0.3, -0.25) is 9.63 Å². The van der Waals surface area contributed by atoms with E-state index in [0.29, 0.717) is 18.6 Å². The molecule has 0 aliphatic carbocycles. The van der Waals surface area contributed by atoms with Crippen LogP contribution in [0, 0.1) is 0 Å². The molecule has 1 aliphatic rings. The van der Waals surface area contributed by atoms with E-state index in [1.807, 2.05) is 12.1 Å². The van der Waals surface area contributed by atoms with Crippen molar-refractivity contribution in [1.82, 2.24) is 5.06 Å². The van der Waals surface area contributed by atoms with E-state index in [-0.39, 0.29) is 23.9 Å². The van der Waals surface area contributed by atoms with Crippen LogP contribution in [0.2, 0.25) is 0 Å². The van der Waals surface area contributed by atoms with Gasteiger partial charge in [-0.1, -0.05) is 30.9 Å². The van der Waals surface area contributed by atoms with Gasteiger partial charge in [0.05, 0.1) is 18.6 Å². The SMILES string of the molecule is C=CCOC(=O)c1ccc(CSC2CC(=O)N2OCC=C)cc1. The van der Waals surface area contributed by atoms with Gasteiger partial charge in [0.1, 0.15) is 12.0 Å². The van der Waals surface area contributed by atoms with E-state index in [0.717, 1.165) is 11.3 Å². The van der Waals surface area contributed by atoms with Gasteiger partial charge in [-0.15, -0.1) is 18.3 Å². The van der Waals surface area contributed by atoms with Crippen LogP contribution in [0.3, 0.4) is 0 Å². The normalized spacial score (nSPS) is 16.6. The van der Waals surface area contributed by atoms with Crippen LogP contribution >= 0.6 is 11.8 Å². The summed E-state index contributed by atoms with van der Waals surface area (Å²) in [5, 5.41) is 1.42. The third-order valence-corrected chi connectivity index (χ3v) is 4.40. The molecule has 5 nitrogen and oxygen atoms in total. The maximum Gasteiger partial charge on any atom is 0.338 e. The van der Waals surface area contributed by atoms with Crippen LogP contribution in [-0.4, -0.2) is 35.5 Å². The number of carbonyl (C=O) groups is 2. The molecule has 0 N–H and O–H groups in total. The number of carbonyl (C=O) groups excluding carboxylic acids is 2. The van der Waals surface area contributed by atoms with Crippen LogP contribution in [-0.2, 0) is 20.1 Å². The van der Waals surface area contributed by atoms with Crippen molar-refractivity contribution in [3.8, 4) is 0 Å². The van der Waals surface area contributed by atoms with E-state index < -0.39 is 0 Å². The summed E-state index contributed by atoms with van der Waals surface area (Å²) >= 11 is 1.62. The smallest absolute Gasteiger partial charge is 0.338 e. The van der Waals surface area contributed by atoms with Crippen molar-refractivity contribution in [3.05, 3.63) is 60.7 Å². The van der Waals surface area contributed by atoms with E-state index >= 15 is 0 Å². The van der Waals surface area contributed by atoms with E-state index in [1.165, 1.54) is 11.1 Å². The van der Waals surface area contributed by atoms with Gasteiger partial charge in [-0.2, -0.15) is 0 Å². The Morgan fingerprint density at radius 2 is 1.96 bits per heavy atom. The van der Waals surface area contributed by atoms with E-state index in [1.54, 1.807) is 30.0 Å². The summed E-state index contributed by atoms with van der Waals surface area (Å²) in [6.45, 7) is 7.59. The molecule has 0 aromatic heterocycles. The molecule has 1 unspecified atom stereocenters. The van der Waals surface area contributed by atoms with E-state index in [4.69, 9.17) is 9.57 Å². The summed E-state index contributed by atoms with van der Waals surface area (Å²) < 4.78 is 4.97. The number of amides is 1. The molecular formula is C17H19NO4S. The lowest BCUT2D eigenvalue weighted by atomic mass is 10.1. The first-order valence-corrected chi connectivity index (χ1v) is 8.25. The first kappa shape index (κ1) is 17.3. The quantitative estimate of drug-likeness (QED) is 0.395. The summed E-state index contributed by atoms with van der Waals surface area (Å²) in [5.74, 6) is 0.357. The molecule has 1 amide bonds. The number of hydrogen-bond donors (Lipinski definition) is 0. The maximum atomic E-state index is 11.7. The van der Waals surface area contributed by atoms with Crippen LogP contribution in [0.25, 0.3) is 0 Å². The Labute approximate surface area is 139 Å². The van der Waals surface area contributed by atoms with E-state index in [2.05, 4.69) is 13.2 Å². The number of hydroxylamine groups is 2. The lowest BCUT2D eigenvalue weighted by molar-refractivity contribution is -0.208. The average Bonchev–Trinajstić information content (AvgIpc) is 2.57. The average molecular weight is 333 g/mol. The van der Waals surface area contributed by atoms with Gasteiger partial charge in [0.25, 0.3) is 0 Å². The largest absolute Gasteiger partial charge is 0.458 e. The Hall–Kier alpha value is -2.05. The molecule has 0 spiro atoms. The van der Waals surface area contributed by atoms with Gasteiger partial charge in [-0.25, -0.2) is 9.86 Å². The zero-order valence-electron chi connectivity index (χ0n) is 12.8. The fraction of sp³-hybridized carbons (Fsp3) is 0.294. The molecular weight excluding hydrogens is 314 g/mol. The number of esters is 1. The minimum Gasteiger partial charge on any atom is -0.458 e. The Morgan fingerprint density at radius 1 is 1.26 bits per heavy atom.